The van der Waals surface area contributed by atoms with Crippen molar-refractivity contribution in [2.45, 2.75) is 18.8 Å². The van der Waals surface area contributed by atoms with Gasteiger partial charge < -0.3 is 9.64 Å². The molecule has 1 aliphatic heterocycles. The van der Waals surface area contributed by atoms with E-state index in [0.717, 1.165) is 11.4 Å². The van der Waals surface area contributed by atoms with Crippen molar-refractivity contribution >= 4 is 23.9 Å². The maximum absolute atomic E-state index is 14.9. The Labute approximate surface area is 181 Å². The van der Waals surface area contributed by atoms with Crippen LogP contribution in [0.2, 0.25) is 0 Å². The van der Waals surface area contributed by atoms with Crippen LogP contribution in [0.3, 0.4) is 0 Å². The predicted octanol–water partition coefficient (Wildman–Crippen LogP) is 3.45. The molecule has 9 heteroatoms. The first-order valence-electron chi connectivity index (χ1n) is 9.50. The van der Waals surface area contributed by atoms with E-state index in [1.807, 2.05) is 24.3 Å². The van der Waals surface area contributed by atoms with E-state index in [4.69, 9.17) is 4.74 Å². The number of hydrogen-bond donors (Lipinski definition) is 0. The van der Waals surface area contributed by atoms with E-state index < -0.39 is 29.5 Å². The number of Topliss-reactive ketones (excluding diaryl/α,β-unsaturated/α-hetero) is 1. The van der Waals surface area contributed by atoms with Crippen molar-refractivity contribution in [2.75, 3.05) is 38.2 Å². The second-order valence-corrected chi connectivity index (χ2v) is 6.90. The molecule has 1 heterocycles. The van der Waals surface area contributed by atoms with Crippen LogP contribution in [0.4, 0.5) is 10.1 Å². The lowest BCUT2D eigenvalue weighted by Crippen LogP contribution is -2.50. The van der Waals surface area contributed by atoms with Crippen molar-refractivity contribution in [1.82, 2.24) is 4.90 Å². The lowest BCUT2D eigenvalue weighted by Gasteiger charge is -2.38. The molecule has 0 aliphatic carbocycles. The SMILES string of the molecule is COc1ccccc1N1CCN(C(F)CC(C(=O)c2ccccc2)[N+](=O)[O-])CC1.Cl. The van der Waals surface area contributed by atoms with Gasteiger partial charge in [0, 0.05) is 36.7 Å². The molecule has 0 N–H and O–H groups in total. The molecule has 0 saturated carbocycles. The summed E-state index contributed by atoms with van der Waals surface area (Å²) in [5, 5.41) is 11.4. The number of carbonyl (C=O) groups is 1. The Morgan fingerprint density at radius 1 is 1.10 bits per heavy atom. The van der Waals surface area contributed by atoms with Gasteiger partial charge in [-0.3, -0.25) is 19.8 Å². The van der Waals surface area contributed by atoms with Crippen LogP contribution in [0.1, 0.15) is 16.8 Å². The summed E-state index contributed by atoms with van der Waals surface area (Å²) in [6.07, 6.45) is -2.02. The van der Waals surface area contributed by atoms with Crippen molar-refractivity contribution in [2.24, 2.45) is 0 Å². The van der Waals surface area contributed by atoms with Gasteiger partial charge in [-0.25, -0.2) is 4.39 Å². The Morgan fingerprint density at radius 2 is 1.70 bits per heavy atom. The normalized spacial score (nSPS) is 16.3. The average Bonchev–Trinajstić information content (AvgIpc) is 2.77. The molecule has 0 spiro atoms. The molecule has 162 valence electrons. The quantitative estimate of drug-likeness (QED) is 0.272. The van der Waals surface area contributed by atoms with Gasteiger partial charge in [-0.1, -0.05) is 42.5 Å². The van der Waals surface area contributed by atoms with Gasteiger partial charge in [-0.2, -0.15) is 0 Å². The molecule has 2 unspecified atom stereocenters. The standard InChI is InChI=1S/C21H24FN3O4.ClH/c1-29-19-10-6-5-9-17(19)23-11-13-24(14-12-23)20(22)15-18(25(27)28)21(26)16-7-3-2-4-8-16;/h2-10,18,20H,11-15H2,1H3;1H. The molecule has 30 heavy (non-hydrogen) atoms. The molecule has 0 bridgehead atoms. The van der Waals surface area contributed by atoms with E-state index in [9.17, 15) is 19.3 Å². The van der Waals surface area contributed by atoms with Crippen LogP contribution < -0.4 is 9.64 Å². The first-order valence-corrected chi connectivity index (χ1v) is 9.50. The van der Waals surface area contributed by atoms with Crippen LogP contribution in [0.25, 0.3) is 0 Å². The molecule has 0 amide bonds. The van der Waals surface area contributed by atoms with Gasteiger partial charge >= 0.3 is 0 Å². The lowest BCUT2D eigenvalue weighted by atomic mass is 10.0. The van der Waals surface area contributed by atoms with Crippen LogP contribution in [-0.4, -0.2) is 61.2 Å². The summed E-state index contributed by atoms with van der Waals surface area (Å²) in [6, 6.07) is 14.0. The zero-order chi connectivity index (χ0) is 20.8. The molecule has 3 rings (SSSR count). The molecule has 1 saturated heterocycles. The Balaban J connectivity index is 0.00000320. The number of carbonyl (C=O) groups excluding carboxylic acids is 1. The number of ether oxygens (including phenoxy) is 1. The Morgan fingerprint density at radius 3 is 2.30 bits per heavy atom. The molecule has 0 aromatic heterocycles. The molecule has 0 radical (unpaired) electrons. The van der Waals surface area contributed by atoms with Crippen molar-refractivity contribution in [3.63, 3.8) is 0 Å². The fraction of sp³-hybridized carbons (Fsp3) is 0.381. The Hall–Kier alpha value is -2.71. The Kier molecular flexibility index (Phi) is 8.56. The second kappa shape index (κ2) is 10.9. The first kappa shape index (κ1) is 23.6. The maximum Gasteiger partial charge on any atom is 0.278 e. The topological polar surface area (TPSA) is 75.9 Å². The minimum Gasteiger partial charge on any atom is -0.495 e. The molecule has 2 aromatic rings. The largest absolute Gasteiger partial charge is 0.495 e. The van der Waals surface area contributed by atoms with Gasteiger partial charge in [0.25, 0.3) is 6.04 Å². The number of para-hydroxylation sites is 2. The molecular weight excluding hydrogens is 413 g/mol. The van der Waals surface area contributed by atoms with Crippen LogP contribution in [-0.2, 0) is 0 Å². The summed E-state index contributed by atoms with van der Waals surface area (Å²) in [5.41, 5.74) is 1.16. The van der Waals surface area contributed by atoms with E-state index in [1.165, 1.54) is 12.1 Å². The maximum atomic E-state index is 14.9. The average molecular weight is 438 g/mol. The van der Waals surface area contributed by atoms with Crippen molar-refractivity contribution in [1.29, 1.82) is 0 Å². The molecular formula is C21H25ClFN3O4. The highest BCUT2D eigenvalue weighted by atomic mass is 35.5. The smallest absolute Gasteiger partial charge is 0.278 e. The van der Waals surface area contributed by atoms with Crippen molar-refractivity contribution in [3.8, 4) is 5.75 Å². The Bertz CT molecular complexity index is 847. The van der Waals surface area contributed by atoms with Gasteiger partial charge in [0.2, 0.25) is 5.78 Å². The molecule has 2 aromatic carbocycles. The van der Waals surface area contributed by atoms with Crippen LogP contribution in [0.5, 0.6) is 5.75 Å². The van der Waals surface area contributed by atoms with Crippen molar-refractivity contribution in [3.05, 3.63) is 70.3 Å². The second-order valence-electron chi connectivity index (χ2n) is 6.90. The molecule has 1 fully saturated rings. The minimum atomic E-state index is -1.60. The number of piperazine rings is 1. The van der Waals surface area contributed by atoms with Crippen LogP contribution >= 0.6 is 12.4 Å². The molecule has 2 atom stereocenters. The fourth-order valence-electron chi connectivity index (χ4n) is 3.55. The molecule has 7 nitrogen and oxygen atoms in total. The number of alkyl halides is 1. The van der Waals surface area contributed by atoms with E-state index in [0.29, 0.717) is 26.2 Å². The summed E-state index contributed by atoms with van der Waals surface area (Å²) < 4.78 is 20.3. The summed E-state index contributed by atoms with van der Waals surface area (Å²) in [7, 11) is 1.61. The monoisotopic (exact) mass is 437 g/mol. The number of ketones is 1. The number of halogens is 2. The van der Waals surface area contributed by atoms with E-state index in [1.54, 1.807) is 30.2 Å². The fourth-order valence-corrected chi connectivity index (χ4v) is 3.55. The third-order valence-electron chi connectivity index (χ3n) is 5.17. The number of nitrogens with zero attached hydrogens (tertiary/aromatic N) is 3. The van der Waals surface area contributed by atoms with Gasteiger partial charge in [0.05, 0.1) is 19.2 Å². The summed E-state index contributed by atoms with van der Waals surface area (Å²) >= 11 is 0. The summed E-state index contributed by atoms with van der Waals surface area (Å²) in [4.78, 5) is 26.8. The number of anilines is 1. The number of methoxy groups -OCH3 is 1. The van der Waals surface area contributed by atoms with Gasteiger partial charge in [-0.05, 0) is 12.1 Å². The van der Waals surface area contributed by atoms with Gasteiger partial charge in [-0.15, -0.1) is 12.4 Å². The van der Waals surface area contributed by atoms with Gasteiger partial charge in [0.15, 0.2) is 6.30 Å². The van der Waals surface area contributed by atoms with Crippen molar-refractivity contribution < 1.29 is 18.8 Å². The third-order valence-corrected chi connectivity index (χ3v) is 5.17. The highest BCUT2D eigenvalue weighted by molar-refractivity contribution is 5.99. The summed E-state index contributed by atoms with van der Waals surface area (Å²) in [5.74, 6) is 0.0885. The van der Waals surface area contributed by atoms with E-state index in [2.05, 4.69) is 4.90 Å². The predicted molar refractivity (Wildman–Crippen MR) is 115 cm³/mol. The lowest BCUT2D eigenvalue weighted by molar-refractivity contribution is -0.508. The summed E-state index contributed by atoms with van der Waals surface area (Å²) in [6.45, 7) is 1.94. The first-order chi connectivity index (χ1) is 14.0. The number of benzene rings is 2. The van der Waals surface area contributed by atoms with Crippen LogP contribution in [0, 0.1) is 10.1 Å². The minimum absolute atomic E-state index is 0. The van der Waals surface area contributed by atoms with Gasteiger partial charge in [0.1, 0.15) is 5.75 Å². The van der Waals surface area contributed by atoms with E-state index in [-0.39, 0.29) is 18.0 Å². The zero-order valence-electron chi connectivity index (χ0n) is 16.6. The third kappa shape index (κ3) is 5.46. The van der Waals surface area contributed by atoms with Crippen LogP contribution in [0.15, 0.2) is 54.6 Å². The van der Waals surface area contributed by atoms with E-state index >= 15 is 0 Å². The molecule has 1 aliphatic rings. The highest BCUT2D eigenvalue weighted by Gasteiger charge is 2.36. The zero-order valence-corrected chi connectivity index (χ0v) is 17.5. The number of rotatable bonds is 8. The number of hydrogen-bond acceptors (Lipinski definition) is 6. The highest BCUT2D eigenvalue weighted by Crippen LogP contribution is 2.29. The number of nitro groups is 1.